The number of alkyl halides is 3. The molecule has 0 unspecified atom stereocenters. The first-order chi connectivity index (χ1) is 9.83. The normalized spacial score (nSPS) is 15.2. The number of nitrogens with zero attached hydrogens (tertiary/aromatic N) is 1. The van der Waals surface area contributed by atoms with E-state index in [1.54, 1.807) is 6.07 Å². The minimum atomic E-state index is -4.71. The predicted molar refractivity (Wildman–Crippen MR) is 68.8 cm³/mol. The van der Waals surface area contributed by atoms with E-state index in [9.17, 15) is 18.0 Å². The quantitative estimate of drug-likeness (QED) is 0.841. The number of halogens is 3. The van der Waals surface area contributed by atoms with Crippen LogP contribution in [0.3, 0.4) is 0 Å². The van der Waals surface area contributed by atoms with E-state index in [4.69, 9.17) is 5.11 Å². The van der Waals surface area contributed by atoms with Gasteiger partial charge in [0.05, 0.1) is 6.42 Å². The zero-order valence-corrected chi connectivity index (χ0v) is 11.3. The van der Waals surface area contributed by atoms with Crippen LogP contribution < -0.4 is 4.74 Å². The van der Waals surface area contributed by atoms with Crippen molar-refractivity contribution in [1.29, 1.82) is 0 Å². The average Bonchev–Trinajstić information content (AvgIpc) is 3.16. The van der Waals surface area contributed by atoms with Crippen LogP contribution in [-0.4, -0.2) is 34.9 Å². The molecule has 116 valence electrons. The molecule has 0 heterocycles. The van der Waals surface area contributed by atoms with E-state index in [-0.39, 0.29) is 12.2 Å². The van der Waals surface area contributed by atoms with Crippen molar-refractivity contribution in [1.82, 2.24) is 4.90 Å². The molecule has 2 rings (SSSR count). The Balaban J connectivity index is 1.99. The van der Waals surface area contributed by atoms with Crippen molar-refractivity contribution in [3.63, 3.8) is 0 Å². The fourth-order valence-corrected chi connectivity index (χ4v) is 2.15. The van der Waals surface area contributed by atoms with E-state index in [1.165, 1.54) is 18.2 Å². The summed E-state index contributed by atoms with van der Waals surface area (Å²) in [5.41, 5.74) is 0.675. The van der Waals surface area contributed by atoms with Gasteiger partial charge in [0.25, 0.3) is 0 Å². The van der Waals surface area contributed by atoms with Gasteiger partial charge in [-0.05, 0) is 30.5 Å². The van der Waals surface area contributed by atoms with Crippen LogP contribution in [0.15, 0.2) is 24.3 Å². The number of aliphatic carboxylic acids is 1. The SMILES string of the molecule is O=C(O)CCN(Cc1cccc(OC(F)(F)F)c1)C1CC1. The topological polar surface area (TPSA) is 49.8 Å². The molecule has 1 saturated carbocycles. The van der Waals surface area contributed by atoms with Gasteiger partial charge in [0, 0.05) is 19.1 Å². The summed E-state index contributed by atoms with van der Waals surface area (Å²) in [7, 11) is 0. The first-order valence-electron chi connectivity index (χ1n) is 6.64. The van der Waals surface area contributed by atoms with E-state index in [1.807, 2.05) is 4.90 Å². The van der Waals surface area contributed by atoms with Gasteiger partial charge in [0.1, 0.15) is 5.75 Å². The average molecular weight is 303 g/mol. The van der Waals surface area contributed by atoms with Crippen molar-refractivity contribution in [3.8, 4) is 5.75 Å². The molecule has 0 aromatic heterocycles. The van der Waals surface area contributed by atoms with E-state index in [2.05, 4.69) is 4.74 Å². The first kappa shape index (κ1) is 15.6. The molecule has 0 aliphatic heterocycles. The summed E-state index contributed by atoms with van der Waals surface area (Å²) in [6.45, 7) is 0.817. The molecule has 1 N–H and O–H groups in total. The Morgan fingerprint density at radius 3 is 2.67 bits per heavy atom. The Morgan fingerprint density at radius 2 is 2.10 bits per heavy atom. The van der Waals surface area contributed by atoms with Crippen LogP contribution in [0.1, 0.15) is 24.8 Å². The van der Waals surface area contributed by atoms with Gasteiger partial charge in [-0.1, -0.05) is 12.1 Å². The Hall–Kier alpha value is -1.76. The molecule has 21 heavy (non-hydrogen) atoms. The van der Waals surface area contributed by atoms with Gasteiger partial charge < -0.3 is 9.84 Å². The Kier molecular flexibility index (Phi) is 4.72. The molecular formula is C14H16F3NO3. The van der Waals surface area contributed by atoms with E-state index < -0.39 is 12.3 Å². The highest BCUT2D eigenvalue weighted by atomic mass is 19.4. The zero-order valence-electron chi connectivity index (χ0n) is 11.3. The lowest BCUT2D eigenvalue weighted by Crippen LogP contribution is -2.28. The van der Waals surface area contributed by atoms with E-state index in [0.717, 1.165) is 12.8 Å². The fraction of sp³-hybridized carbons (Fsp3) is 0.500. The second-order valence-electron chi connectivity index (χ2n) is 5.04. The number of carboxylic acid groups (broad SMARTS) is 1. The maximum absolute atomic E-state index is 12.2. The summed E-state index contributed by atoms with van der Waals surface area (Å²) in [5.74, 6) is -1.14. The third-order valence-electron chi connectivity index (χ3n) is 3.19. The van der Waals surface area contributed by atoms with Gasteiger partial charge in [0.15, 0.2) is 0 Å². The fourth-order valence-electron chi connectivity index (χ4n) is 2.15. The number of rotatable bonds is 7. The Bertz CT molecular complexity index is 500. The minimum absolute atomic E-state index is 0.0231. The molecule has 1 aliphatic rings. The predicted octanol–water partition coefficient (Wildman–Crippen LogP) is 3.02. The van der Waals surface area contributed by atoms with E-state index in [0.29, 0.717) is 24.7 Å². The maximum Gasteiger partial charge on any atom is 0.573 e. The smallest absolute Gasteiger partial charge is 0.481 e. The van der Waals surface area contributed by atoms with Gasteiger partial charge in [-0.3, -0.25) is 9.69 Å². The maximum atomic E-state index is 12.2. The molecule has 0 bridgehead atoms. The highest BCUT2D eigenvalue weighted by Crippen LogP contribution is 2.29. The van der Waals surface area contributed by atoms with Gasteiger partial charge in [0.2, 0.25) is 0 Å². The molecule has 1 aromatic carbocycles. The lowest BCUT2D eigenvalue weighted by atomic mass is 10.2. The monoisotopic (exact) mass is 303 g/mol. The van der Waals surface area contributed by atoms with Gasteiger partial charge >= 0.3 is 12.3 Å². The van der Waals surface area contributed by atoms with Crippen LogP contribution in [0.2, 0.25) is 0 Å². The van der Waals surface area contributed by atoms with E-state index >= 15 is 0 Å². The lowest BCUT2D eigenvalue weighted by Gasteiger charge is -2.21. The molecule has 1 aliphatic carbocycles. The number of carbonyl (C=O) groups is 1. The third kappa shape index (κ3) is 5.63. The molecule has 7 heteroatoms. The lowest BCUT2D eigenvalue weighted by molar-refractivity contribution is -0.274. The van der Waals surface area contributed by atoms with Crippen molar-refractivity contribution in [3.05, 3.63) is 29.8 Å². The Labute approximate surface area is 120 Å². The molecule has 1 aromatic rings. The zero-order chi connectivity index (χ0) is 15.5. The standard InChI is InChI=1S/C14H16F3NO3/c15-14(16,17)21-12-3-1-2-10(8-12)9-18(11-4-5-11)7-6-13(19)20/h1-3,8,11H,4-7,9H2,(H,19,20). The second-order valence-corrected chi connectivity index (χ2v) is 5.04. The van der Waals surface area contributed by atoms with Crippen LogP contribution in [0.4, 0.5) is 13.2 Å². The molecule has 0 atom stereocenters. The number of hydrogen-bond donors (Lipinski definition) is 1. The van der Waals surface area contributed by atoms with Crippen LogP contribution in [0, 0.1) is 0 Å². The third-order valence-corrected chi connectivity index (χ3v) is 3.19. The summed E-state index contributed by atoms with van der Waals surface area (Å²) in [6, 6.07) is 6.12. The summed E-state index contributed by atoms with van der Waals surface area (Å²) < 4.78 is 40.4. The van der Waals surface area contributed by atoms with Gasteiger partial charge in [-0.15, -0.1) is 13.2 Å². The van der Waals surface area contributed by atoms with Crippen LogP contribution in [0.25, 0.3) is 0 Å². The second kappa shape index (κ2) is 6.34. The molecular weight excluding hydrogens is 287 g/mol. The van der Waals surface area contributed by atoms with Crippen molar-refractivity contribution in [2.75, 3.05) is 6.54 Å². The summed E-state index contributed by atoms with van der Waals surface area (Å²) in [6.07, 6.45) is -2.69. The van der Waals surface area contributed by atoms with Crippen LogP contribution in [-0.2, 0) is 11.3 Å². The van der Waals surface area contributed by atoms with Gasteiger partial charge in [-0.25, -0.2) is 0 Å². The first-order valence-corrected chi connectivity index (χ1v) is 6.64. The summed E-state index contributed by atoms with van der Waals surface area (Å²) in [4.78, 5) is 12.6. The highest BCUT2D eigenvalue weighted by molar-refractivity contribution is 5.66. The molecule has 1 fully saturated rings. The molecule has 0 radical (unpaired) electrons. The highest BCUT2D eigenvalue weighted by Gasteiger charge is 2.32. The van der Waals surface area contributed by atoms with Crippen LogP contribution >= 0.6 is 0 Å². The molecule has 4 nitrogen and oxygen atoms in total. The number of hydrogen-bond acceptors (Lipinski definition) is 3. The molecule has 0 amide bonds. The van der Waals surface area contributed by atoms with Crippen LogP contribution in [0.5, 0.6) is 5.75 Å². The van der Waals surface area contributed by atoms with Gasteiger partial charge in [-0.2, -0.15) is 0 Å². The van der Waals surface area contributed by atoms with Crippen molar-refractivity contribution < 1.29 is 27.8 Å². The summed E-state index contributed by atoms with van der Waals surface area (Å²) >= 11 is 0. The molecule has 0 spiro atoms. The number of benzene rings is 1. The van der Waals surface area contributed by atoms with Crippen molar-refractivity contribution in [2.24, 2.45) is 0 Å². The minimum Gasteiger partial charge on any atom is -0.481 e. The Morgan fingerprint density at radius 1 is 1.38 bits per heavy atom. The number of carboxylic acids is 1. The van der Waals surface area contributed by atoms with Crippen molar-refractivity contribution >= 4 is 5.97 Å². The van der Waals surface area contributed by atoms with Crippen molar-refractivity contribution in [2.45, 2.75) is 38.2 Å². The largest absolute Gasteiger partial charge is 0.573 e. The molecule has 0 saturated heterocycles. The summed E-state index contributed by atoms with van der Waals surface area (Å²) in [5, 5.41) is 8.73. The number of ether oxygens (including phenoxy) is 1.